The second-order valence-corrected chi connectivity index (χ2v) is 6.77. The predicted octanol–water partition coefficient (Wildman–Crippen LogP) is 2.46. The highest BCUT2D eigenvalue weighted by molar-refractivity contribution is 7.12. The van der Waals surface area contributed by atoms with Gasteiger partial charge in [-0.15, -0.1) is 11.3 Å². The Kier molecular flexibility index (Phi) is 5.36. The van der Waals surface area contributed by atoms with Crippen molar-refractivity contribution >= 4 is 23.2 Å². The van der Waals surface area contributed by atoms with Crippen LogP contribution in [0.2, 0.25) is 0 Å². The van der Waals surface area contributed by atoms with Gasteiger partial charge in [0.25, 0.3) is 5.91 Å². The number of ether oxygens (including phenoxy) is 1. The summed E-state index contributed by atoms with van der Waals surface area (Å²) < 4.78 is 5.34. The molecule has 2 heterocycles. The first-order chi connectivity index (χ1) is 9.99. The molecule has 0 spiro atoms. The van der Waals surface area contributed by atoms with Crippen LogP contribution in [0.25, 0.3) is 0 Å². The number of rotatable bonds is 5. The van der Waals surface area contributed by atoms with Gasteiger partial charge in [0.1, 0.15) is 0 Å². The molecule has 1 saturated heterocycles. The van der Waals surface area contributed by atoms with E-state index in [0.717, 1.165) is 22.6 Å². The molecule has 5 nitrogen and oxygen atoms in total. The first-order valence-corrected chi connectivity index (χ1v) is 7.98. The van der Waals surface area contributed by atoms with Crippen LogP contribution in [0, 0.1) is 13.8 Å². The molecule has 0 radical (unpaired) electrons. The van der Waals surface area contributed by atoms with E-state index in [1.165, 1.54) is 0 Å². The lowest BCUT2D eigenvalue weighted by molar-refractivity contribution is -0.137. The van der Waals surface area contributed by atoms with E-state index in [9.17, 15) is 9.59 Å². The van der Waals surface area contributed by atoms with E-state index in [-0.39, 0.29) is 24.9 Å². The molecule has 1 aliphatic heterocycles. The molecule has 116 valence electrons. The molecular weight excluding hydrogens is 290 g/mol. The van der Waals surface area contributed by atoms with Gasteiger partial charge in [-0.3, -0.25) is 9.59 Å². The fourth-order valence-electron chi connectivity index (χ4n) is 2.66. The molecule has 0 bridgehead atoms. The zero-order chi connectivity index (χ0) is 15.4. The molecule has 0 unspecified atom stereocenters. The second-order valence-electron chi connectivity index (χ2n) is 5.31. The summed E-state index contributed by atoms with van der Waals surface area (Å²) in [5.74, 6) is -0.928. The van der Waals surface area contributed by atoms with Gasteiger partial charge in [-0.25, -0.2) is 0 Å². The molecule has 2 rings (SSSR count). The van der Waals surface area contributed by atoms with E-state index in [0.29, 0.717) is 18.8 Å². The summed E-state index contributed by atoms with van der Waals surface area (Å²) in [4.78, 5) is 27.5. The van der Waals surface area contributed by atoms with Crippen molar-refractivity contribution in [2.75, 3.05) is 19.8 Å². The van der Waals surface area contributed by atoms with Gasteiger partial charge in [-0.2, -0.15) is 0 Å². The van der Waals surface area contributed by atoms with Crippen molar-refractivity contribution in [1.82, 2.24) is 4.90 Å². The molecule has 1 aliphatic rings. The monoisotopic (exact) mass is 311 g/mol. The van der Waals surface area contributed by atoms with Gasteiger partial charge >= 0.3 is 5.97 Å². The SMILES string of the molecule is Cc1cc(C(=O)N(CCC(=O)O)C2CCOCC2)c(C)s1. The number of amides is 1. The Labute approximate surface area is 128 Å². The van der Waals surface area contributed by atoms with Gasteiger partial charge in [0.05, 0.1) is 12.0 Å². The van der Waals surface area contributed by atoms with Crippen LogP contribution in [0.5, 0.6) is 0 Å². The van der Waals surface area contributed by atoms with Crippen LogP contribution in [-0.4, -0.2) is 47.7 Å². The first kappa shape index (κ1) is 16.0. The largest absolute Gasteiger partial charge is 0.481 e. The maximum Gasteiger partial charge on any atom is 0.305 e. The fourth-order valence-corrected chi connectivity index (χ4v) is 3.58. The van der Waals surface area contributed by atoms with Crippen LogP contribution in [0.3, 0.4) is 0 Å². The summed E-state index contributed by atoms with van der Waals surface area (Å²) in [6.07, 6.45) is 1.52. The van der Waals surface area contributed by atoms with E-state index >= 15 is 0 Å². The van der Waals surface area contributed by atoms with Crippen molar-refractivity contribution in [2.24, 2.45) is 0 Å². The minimum absolute atomic E-state index is 0.0226. The fraction of sp³-hybridized carbons (Fsp3) is 0.600. The Morgan fingerprint density at radius 1 is 1.38 bits per heavy atom. The van der Waals surface area contributed by atoms with Gasteiger partial charge in [0, 0.05) is 35.6 Å². The highest BCUT2D eigenvalue weighted by Crippen LogP contribution is 2.25. The van der Waals surface area contributed by atoms with Crippen molar-refractivity contribution < 1.29 is 19.4 Å². The summed E-state index contributed by atoms with van der Waals surface area (Å²) in [5, 5.41) is 8.91. The number of aryl methyl sites for hydroxylation is 2. The Hall–Kier alpha value is -1.40. The highest BCUT2D eigenvalue weighted by Gasteiger charge is 2.28. The highest BCUT2D eigenvalue weighted by atomic mass is 32.1. The summed E-state index contributed by atoms with van der Waals surface area (Å²) >= 11 is 1.60. The van der Waals surface area contributed by atoms with Crippen LogP contribution in [0.4, 0.5) is 0 Å². The standard InChI is InChI=1S/C15H21NO4S/c1-10-9-13(11(2)21-10)15(19)16(6-3-14(17)18)12-4-7-20-8-5-12/h9,12H,3-8H2,1-2H3,(H,17,18). The third kappa shape index (κ3) is 4.04. The third-order valence-electron chi connectivity index (χ3n) is 3.73. The van der Waals surface area contributed by atoms with Crippen LogP contribution < -0.4 is 0 Å². The van der Waals surface area contributed by atoms with Crippen LogP contribution in [-0.2, 0) is 9.53 Å². The minimum atomic E-state index is -0.877. The van der Waals surface area contributed by atoms with E-state index < -0.39 is 5.97 Å². The number of hydrogen-bond donors (Lipinski definition) is 1. The summed E-state index contributed by atoms with van der Waals surface area (Å²) in [6.45, 7) is 5.42. The molecule has 6 heteroatoms. The third-order valence-corrected chi connectivity index (χ3v) is 4.70. The van der Waals surface area contributed by atoms with Gasteiger partial charge in [0.2, 0.25) is 0 Å². The molecule has 1 fully saturated rings. The Bertz CT molecular complexity index is 520. The smallest absolute Gasteiger partial charge is 0.305 e. The van der Waals surface area contributed by atoms with Crippen molar-refractivity contribution in [2.45, 2.75) is 39.2 Å². The molecule has 0 saturated carbocycles. The second kappa shape index (κ2) is 7.04. The minimum Gasteiger partial charge on any atom is -0.481 e. The number of nitrogens with zero attached hydrogens (tertiary/aromatic N) is 1. The summed E-state index contributed by atoms with van der Waals surface area (Å²) in [5.41, 5.74) is 0.703. The molecule has 0 aliphatic carbocycles. The topological polar surface area (TPSA) is 66.8 Å². The van der Waals surface area contributed by atoms with Crippen molar-refractivity contribution in [3.63, 3.8) is 0 Å². The Morgan fingerprint density at radius 2 is 2.05 bits per heavy atom. The molecule has 1 aromatic rings. The number of aliphatic carboxylic acids is 1. The van der Waals surface area contributed by atoms with E-state index in [1.807, 2.05) is 19.9 Å². The zero-order valence-corrected chi connectivity index (χ0v) is 13.2. The molecule has 1 aromatic heterocycles. The lowest BCUT2D eigenvalue weighted by Crippen LogP contribution is -2.44. The molecule has 0 aromatic carbocycles. The number of hydrogen-bond acceptors (Lipinski definition) is 4. The van der Waals surface area contributed by atoms with Gasteiger partial charge in [-0.1, -0.05) is 0 Å². The lowest BCUT2D eigenvalue weighted by atomic mass is 10.0. The summed E-state index contributed by atoms with van der Waals surface area (Å²) in [7, 11) is 0. The molecule has 1 N–H and O–H groups in total. The number of carbonyl (C=O) groups is 2. The maximum absolute atomic E-state index is 12.8. The predicted molar refractivity (Wildman–Crippen MR) is 80.9 cm³/mol. The summed E-state index contributed by atoms with van der Waals surface area (Å²) in [6, 6.07) is 1.97. The van der Waals surface area contributed by atoms with Crippen molar-refractivity contribution in [3.8, 4) is 0 Å². The van der Waals surface area contributed by atoms with Crippen molar-refractivity contribution in [3.05, 3.63) is 21.4 Å². The van der Waals surface area contributed by atoms with Crippen LogP contribution in [0.15, 0.2) is 6.07 Å². The van der Waals surface area contributed by atoms with Gasteiger partial charge in [-0.05, 0) is 32.8 Å². The molecule has 21 heavy (non-hydrogen) atoms. The molecular formula is C15H21NO4S. The number of carboxylic acid groups (broad SMARTS) is 1. The van der Waals surface area contributed by atoms with E-state index in [1.54, 1.807) is 16.2 Å². The number of carbonyl (C=O) groups excluding carboxylic acids is 1. The Balaban J connectivity index is 2.18. The van der Waals surface area contributed by atoms with Crippen LogP contribution >= 0.6 is 11.3 Å². The normalized spacial score (nSPS) is 15.9. The average molecular weight is 311 g/mol. The average Bonchev–Trinajstić information content (AvgIpc) is 2.78. The maximum atomic E-state index is 12.8. The van der Waals surface area contributed by atoms with E-state index in [2.05, 4.69) is 0 Å². The van der Waals surface area contributed by atoms with Crippen LogP contribution in [0.1, 0.15) is 39.4 Å². The van der Waals surface area contributed by atoms with Gasteiger partial charge < -0.3 is 14.7 Å². The molecule has 0 atom stereocenters. The number of carboxylic acids is 1. The molecule has 1 amide bonds. The zero-order valence-electron chi connectivity index (χ0n) is 12.4. The van der Waals surface area contributed by atoms with E-state index in [4.69, 9.17) is 9.84 Å². The quantitative estimate of drug-likeness (QED) is 0.907. The number of thiophene rings is 1. The lowest BCUT2D eigenvalue weighted by Gasteiger charge is -2.34. The first-order valence-electron chi connectivity index (χ1n) is 7.16. The Morgan fingerprint density at radius 3 is 2.57 bits per heavy atom. The van der Waals surface area contributed by atoms with Crippen molar-refractivity contribution in [1.29, 1.82) is 0 Å². The van der Waals surface area contributed by atoms with Gasteiger partial charge in [0.15, 0.2) is 0 Å².